The molecular weight excluding hydrogens is 392 g/mol. The van der Waals surface area contributed by atoms with Crippen LogP contribution in [0.5, 0.6) is 0 Å². The van der Waals surface area contributed by atoms with Gasteiger partial charge in [0.25, 0.3) is 15.9 Å². The van der Waals surface area contributed by atoms with Gasteiger partial charge in [-0.3, -0.25) is 9.52 Å². The van der Waals surface area contributed by atoms with Gasteiger partial charge in [-0.2, -0.15) is 0 Å². The van der Waals surface area contributed by atoms with Gasteiger partial charge in [0.2, 0.25) is 0 Å². The maximum absolute atomic E-state index is 12.5. The van der Waals surface area contributed by atoms with Crippen molar-refractivity contribution in [3.05, 3.63) is 58.6 Å². The number of nitrogens with one attached hydrogen (secondary N) is 2. The van der Waals surface area contributed by atoms with Crippen molar-refractivity contribution in [2.45, 2.75) is 24.7 Å². The quantitative estimate of drug-likeness (QED) is 0.681. The third-order valence-corrected chi connectivity index (χ3v) is 5.27. The fourth-order valence-corrected chi connectivity index (χ4v) is 3.41. The van der Waals surface area contributed by atoms with E-state index in [1.165, 1.54) is 12.1 Å². The summed E-state index contributed by atoms with van der Waals surface area (Å²) in [5.74, 6) is -0.294. The Morgan fingerprint density at radius 3 is 2.42 bits per heavy atom. The first-order valence-corrected chi connectivity index (χ1v) is 9.87. The minimum Gasteiger partial charge on any atom is -0.352 e. The van der Waals surface area contributed by atoms with Crippen LogP contribution in [0.15, 0.2) is 57.9 Å². The molecular formula is C17H19BrN2O3S. The first-order valence-electron chi connectivity index (χ1n) is 7.59. The Balaban J connectivity index is 2.23. The van der Waals surface area contributed by atoms with Gasteiger partial charge in [-0.05, 0) is 42.8 Å². The van der Waals surface area contributed by atoms with E-state index in [2.05, 4.69) is 26.0 Å². The molecule has 1 amide bonds. The Morgan fingerprint density at radius 2 is 1.75 bits per heavy atom. The molecule has 5 nitrogen and oxygen atoms in total. The molecule has 2 aromatic carbocycles. The molecule has 24 heavy (non-hydrogen) atoms. The number of amides is 1. The van der Waals surface area contributed by atoms with E-state index in [-0.39, 0.29) is 16.5 Å². The molecule has 0 bridgehead atoms. The molecule has 0 heterocycles. The second-order valence-corrected chi connectivity index (χ2v) is 7.81. The zero-order chi connectivity index (χ0) is 17.6. The van der Waals surface area contributed by atoms with Gasteiger partial charge in [-0.1, -0.05) is 41.4 Å². The summed E-state index contributed by atoms with van der Waals surface area (Å²) in [6.07, 6.45) is 1.84. The first-order chi connectivity index (χ1) is 11.4. The summed E-state index contributed by atoms with van der Waals surface area (Å²) in [6, 6.07) is 12.9. The molecule has 0 saturated carbocycles. The largest absolute Gasteiger partial charge is 0.352 e. The highest BCUT2D eigenvalue weighted by Gasteiger charge is 2.18. The SMILES string of the molecule is CCCCNC(=O)c1ccccc1NS(=O)(=O)c1ccc(Br)cc1. The summed E-state index contributed by atoms with van der Waals surface area (Å²) in [5, 5.41) is 2.79. The van der Waals surface area contributed by atoms with Gasteiger partial charge in [0, 0.05) is 11.0 Å². The lowest BCUT2D eigenvalue weighted by atomic mass is 10.1. The molecule has 0 atom stereocenters. The Labute approximate surface area is 150 Å². The average molecular weight is 411 g/mol. The summed E-state index contributed by atoms with van der Waals surface area (Å²) < 4.78 is 28.3. The van der Waals surface area contributed by atoms with Crippen LogP contribution in [0.25, 0.3) is 0 Å². The standard InChI is InChI=1S/C17H19BrN2O3S/c1-2-3-12-19-17(21)15-6-4-5-7-16(15)20-24(22,23)14-10-8-13(18)9-11-14/h4-11,20H,2-3,12H2,1H3,(H,19,21). The average Bonchev–Trinajstić information content (AvgIpc) is 2.55. The Hall–Kier alpha value is -1.86. The van der Waals surface area contributed by atoms with Crippen molar-refractivity contribution >= 4 is 37.5 Å². The summed E-state index contributed by atoms with van der Waals surface area (Å²) in [5.41, 5.74) is 0.559. The van der Waals surface area contributed by atoms with Crippen molar-refractivity contribution in [3.8, 4) is 0 Å². The number of hydrogen-bond acceptors (Lipinski definition) is 3. The van der Waals surface area contributed by atoms with Crippen LogP contribution >= 0.6 is 15.9 Å². The highest BCUT2D eigenvalue weighted by molar-refractivity contribution is 9.10. The highest BCUT2D eigenvalue weighted by Crippen LogP contribution is 2.21. The van der Waals surface area contributed by atoms with Crippen LogP contribution in [-0.2, 0) is 10.0 Å². The molecule has 0 spiro atoms. The van der Waals surface area contributed by atoms with Crippen molar-refractivity contribution in [2.24, 2.45) is 0 Å². The van der Waals surface area contributed by atoms with Gasteiger partial charge in [-0.15, -0.1) is 0 Å². The van der Waals surface area contributed by atoms with Crippen LogP contribution in [0.4, 0.5) is 5.69 Å². The molecule has 0 aliphatic carbocycles. The van der Waals surface area contributed by atoms with Crippen molar-refractivity contribution in [2.75, 3.05) is 11.3 Å². The Kier molecular flexibility index (Phi) is 6.39. The van der Waals surface area contributed by atoms with Crippen LogP contribution in [0.2, 0.25) is 0 Å². The minimum atomic E-state index is -3.76. The van der Waals surface area contributed by atoms with Gasteiger partial charge >= 0.3 is 0 Å². The molecule has 128 valence electrons. The third-order valence-electron chi connectivity index (χ3n) is 3.36. The Morgan fingerprint density at radius 1 is 1.08 bits per heavy atom. The number of unbranched alkanes of at least 4 members (excludes halogenated alkanes) is 1. The summed E-state index contributed by atoms with van der Waals surface area (Å²) in [7, 11) is -3.76. The number of anilines is 1. The van der Waals surface area contributed by atoms with Crippen molar-refractivity contribution in [1.29, 1.82) is 0 Å². The van der Waals surface area contributed by atoms with Crippen LogP contribution in [0, 0.1) is 0 Å². The van der Waals surface area contributed by atoms with Gasteiger partial charge < -0.3 is 5.32 Å². The maximum Gasteiger partial charge on any atom is 0.261 e. The number of benzene rings is 2. The first kappa shape index (κ1) is 18.5. The second-order valence-electron chi connectivity index (χ2n) is 5.21. The van der Waals surface area contributed by atoms with E-state index in [0.717, 1.165) is 17.3 Å². The van der Waals surface area contributed by atoms with Gasteiger partial charge in [0.15, 0.2) is 0 Å². The number of rotatable bonds is 7. The predicted molar refractivity (Wildman–Crippen MR) is 98.6 cm³/mol. The van der Waals surface area contributed by atoms with Crippen molar-refractivity contribution in [1.82, 2.24) is 5.32 Å². The zero-order valence-electron chi connectivity index (χ0n) is 13.3. The van der Waals surface area contributed by atoms with Crippen molar-refractivity contribution in [3.63, 3.8) is 0 Å². The summed E-state index contributed by atoms with van der Waals surface area (Å²) in [6.45, 7) is 2.59. The molecule has 2 rings (SSSR count). The van der Waals surface area contributed by atoms with Gasteiger partial charge in [-0.25, -0.2) is 8.42 Å². The highest BCUT2D eigenvalue weighted by atomic mass is 79.9. The van der Waals surface area contributed by atoms with E-state index in [9.17, 15) is 13.2 Å². The van der Waals surface area contributed by atoms with Gasteiger partial charge in [0.05, 0.1) is 16.1 Å². The number of sulfonamides is 1. The normalized spacial score (nSPS) is 11.1. The van der Waals surface area contributed by atoms with E-state index in [1.54, 1.807) is 36.4 Å². The van der Waals surface area contributed by atoms with E-state index < -0.39 is 10.0 Å². The van der Waals surface area contributed by atoms with Crippen LogP contribution in [-0.4, -0.2) is 20.9 Å². The maximum atomic E-state index is 12.5. The molecule has 0 fully saturated rings. The lowest BCUT2D eigenvalue weighted by Gasteiger charge is -2.13. The molecule has 2 N–H and O–H groups in total. The van der Waals surface area contributed by atoms with Crippen molar-refractivity contribution < 1.29 is 13.2 Å². The fourth-order valence-electron chi connectivity index (χ4n) is 2.06. The number of carbonyl (C=O) groups is 1. The predicted octanol–water partition coefficient (Wildman–Crippen LogP) is 3.78. The zero-order valence-corrected chi connectivity index (χ0v) is 15.7. The van der Waals surface area contributed by atoms with Crippen LogP contribution in [0.1, 0.15) is 30.1 Å². The van der Waals surface area contributed by atoms with E-state index in [1.807, 2.05) is 6.92 Å². The van der Waals surface area contributed by atoms with Crippen LogP contribution in [0.3, 0.4) is 0 Å². The fraction of sp³-hybridized carbons (Fsp3) is 0.235. The topological polar surface area (TPSA) is 75.3 Å². The van der Waals surface area contributed by atoms with E-state index >= 15 is 0 Å². The second kappa shape index (κ2) is 8.30. The molecule has 0 unspecified atom stereocenters. The number of para-hydroxylation sites is 1. The number of halogens is 1. The summed E-state index contributed by atoms with van der Waals surface area (Å²) >= 11 is 3.27. The van der Waals surface area contributed by atoms with E-state index in [0.29, 0.717) is 12.1 Å². The minimum absolute atomic E-state index is 0.131. The molecule has 0 radical (unpaired) electrons. The lowest BCUT2D eigenvalue weighted by Crippen LogP contribution is -2.26. The molecule has 0 aliphatic rings. The third kappa shape index (κ3) is 4.82. The number of carbonyl (C=O) groups excluding carboxylic acids is 1. The smallest absolute Gasteiger partial charge is 0.261 e. The molecule has 0 aliphatic heterocycles. The molecule has 0 aromatic heterocycles. The molecule has 2 aromatic rings. The Bertz CT molecular complexity index is 805. The monoisotopic (exact) mass is 410 g/mol. The van der Waals surface area contributed by atoms with E-state index in [4.69, 9.17) is 0 Å². The van der Waals surface area contributed by atoms with Crippen LogP contribution < -0.4 is 10.0 Å². The molecule has 7 heteroatoms. The van der Waals surface area contributed by atoms with Gasteiger partial charge in [0.1, 0.15) is 0 Å². The summed E-state index contributed by atoms with van der Waals surface area (Å²) in [4.78, 5) is 12.4. The molecule has 0 saturated heterocycles. The number of hydrogen-bond donors (Lipinski definition) is 2. The lowest BCUT2D eigenvalue weighted by molar-refractivity contribution is 0.0954.